The van der Waals surface area contributed by atoms with Gasteiger partial charge >= 0.3 is 0 Å². The highest BCUT2D eigenvalue weighted by molar-refractivity contribution is 6.34. The molecule has 0 saturated heterocycles. The average molecular weight is 438 g/mol. The number of hydrogen-bond donors (Lipinski definition) is 1. The normalized spacial score (nSPS) is 10.8. The lowest BCUT2D eigenvalue weighted by Gasteiger charge is -2.11. The standard InChI is InChI=1S/C22H20ClN5O3/c1-30-19-8-5-14(12-20(19)31-2)9-11-25-22(29)16-7-6-15(13-17(16)23)28-21-18(26-27-28)4-3-10-24-21/h3-8,10,12-13H,9,11H2,1-2H3,(H,25,29). The van der Waals surface area contributed by atoms with Gasteiger partial charge < -0.3 is 14.8 Å². The van der Waals surface area contributed by atoms with E-state index in [0.717, 1.165) is 5.56 Å². The Labute approximate surface area is 183 Å². The molecule has 0 saturated carbocycles. The Hall–Kier alpha value is -3.65. The Bertz CT molecular complexity index is 1240. The van der Waals surface area contributed by atoms with Crippen LogP contribution in [-0.2, 0) is 6.42 Å². The Kier molecular flexibility index (Phi) is 5.99. The summed E-state index contributed by atoms with van der Waals surface area (Å²) in [6.07, 6.45) is 2.31. The number of nitrogens with one attached hydrogen (secondary N) is 1. The molecule has 0 radical (unpaired) electrons. The fraction of sp³-hybridized carbons (Fsp3) is 0.182. The van der Waals surface area contributed by atoms with Crippen LogP contribution < -0.4 is 14.8 Å². The number of halogens is 1. The predicted molar refractivity (Wildman–Crippen MR) is 117 cm³/mol. The van der Waals surface area contributed by atoms with E-state index in [2.05, 4.69) is 20.6 Å². The van der Waals surface area contributed by atoms with E-state index in [-0.39, 0.29) is 5.91 Å². The molecule has 0 bridgehead atoms. The van der Waals surface area contributed by atoms with Crippen LogP contribution in [0.4, 0.5) is 0 Å². The number of ether oxygens (including phenoxy) is 2. The summed E-state index contributed by atoms with van der Waals surface area (Å²) in [5.41, 5.74) is 3.37. The number of methoxy groups -OCH3 is 2. The minimum Gasteiger partial charge on any atom is -0.493 e. The average Bonchev–Trinajstić information content (AvgIpc) is 3.23. The lowest BCUT2D eigenvalue weighted by atomic mass is 10.1. The molecule has 4 rings (SSSR count). The van der Waals surface area contributed by atoms with Gasteiger partial charge in [0.15, 0.2) is 17.1 Å². The van der Waals surface area contributed by atoms with Crippen molar-refractivity contribution in [2.45, 2.75) is 6.42 Å². The summed E-state index contributed by atoms with van der Waals surface area (Å²) in [5, 5.41) is 11.4. The van der Waals surface area contributed by atoms with Gasteiger partial charge in [-0.15, -0.1) is 5.10 Å². The Balaban J connectivity index is 1.43. The summed E-state index contributed by atoms with van der Waals surface area (Å²) in [4.78, 5) is 16.9. The molecule has 158 valence electrons. The zero-order valence-corrected chi connectivity index (χ0v) is 17.8. The summed E-state index contributed by atoms with van der Waals surface area (Å²) in [6.45, 7) is 0.448. The third-order valence-electron chi connectivity index (χ3n) is 4.80. The first kappa shape index (κ1) is 20.6. The lowest BCUT2D eigenvalue weighted by Crippen LogP contribution is -2.26. The van der Waals surface area contributed by atoms with Gasteiger partial charge in [0, 0.05) is 12.7 Å². The van der Waals surface area contributed by atoms with Crippen molar-refractivity contribution in [3.63, 3.8) is 0 Å². The van der Waals surface area contributed by atoms with E-state index in [1.165, 1.54) is 0 Å². The second kappa shape index (κ2) is 9.01. The van der Waals surface area contributed by atoms with Crippen molar-refractivity contribution in [3.8, 4) is 17.2 Å². The summed E-state index contributed by atoms with van der Waals surface area (Å²) < 4.78 is 12.1. The zero-order valence-electron chi connectivity index (χ0n) is 17.0. The van der Waals surface area contributed by atoms with Gasteiger partial charge in [0.25, 0.3) is 5.91 Å². The molecule has 0 unspecified atom stereocenters. The number of benzene rings is 2. The van der Waals surface area contributed by atoms with Crippen LogP contribution in [0.2, 0.25) is 5.02 Å². The number of pyridine rings is 1. The number of carbonyl (C=O) groups excluding carboxylic acids is 1. The van der Waals surface area contributed by atoms with E-state index in [1.807, 2.05) is 24.3 Å². The molecule has 2 aromatic carbocycles. The van der Waals surface area contributed by atoms with Crippen LogP contribution in [0, 0.1) is 0 Å². The van der Waals surface area contributed by atoms with Gasteiger partial charge in [-0.1, -0.05) is 22.9 Å². The number of aromatic nitrogens is 4. The molecule has 0 aliphatic rings. The SMILES string of the molecule is COc1ccc(CCNC(=O)c2ccc(-n3nnc4cccnc43)cc2Cl)cc1OC. The molecule has 2 heterocycles. The van der Waals surface area contributed by atoms with Crippen LogP contribution in [0.5, 0.6) is 11.5 Å². The third-order valence-corrected chi connectivity index (χ3v) is 5.11. The van der Waals surface area contributed by atoms with Crippen molar-refractivity contribution in [2.24, 2.45) is 0 Å². The maximum atomic E-state index is 12.6. The van der Waals surface area contributed by atoms with Crippen molar-refractivity contribution in [1.29, 1.82) is 0 Å². The monoisotopic (exact) mass is 437 g/mol. The van der Waals surface area contributed by atoms with Crippen LogP contribution in [0.25, 0.3) is 16.9 Å². The molecule has 0 fully saturated rings. The molecule has 0 atom stereocenters. The van der Waals surface area contributed by atoms with E-state index in [9.17, 15) is 4.79 Å². The zero-order chi connectivity index (χ0) is 21.8. The van der Waals surface area contributed by atoms with Gasteiger partial charge in [-0.25, -0.2) is 4.98 Å². The topological polar surface area (TPSA) is 91.2 Å². The predicted octanol–water partition coefficient (Wildman–Crippen LogP) is 3.46. The number of hydrogen-bond acceptors (Lipinski definition) is 6. The molecule has 0 spiro atoms. The number of carbonyl (C=O) groups is 1. The van der Waals surface area contributed by atoms with E-state index >= 15 is 0 Å². The van der Waals surface area contributed by atoms with Crippen LogP contribution >= 0.6 is 11.6 Å². The number of fused-ring (bicyclic) bond motifs is 1. The second-order valence-corrected chi connectivity index (χ2v) is 7.11. The largest absolute Gasteiger partial charge is 0.493 e. The minimum absolute atomic E-state index is 0.251. The van der Waals surface area contributed by atoms with E-state index in [0.29, 0.717) is 51.9 Å². The fourth-order valence-corrected chi connectivity index (χ4v) is 3.47. The van der Waals surface area contributed by atoms with E-state index < -0.39 is 0 Å². The van der Waals surface area contributed by atoms with Crippen molar-refractivity contribution in [2.75, 3.05) is 20.8 Å². The van der Waals surface area contributed by atoms with Gasteiger partial charge in [0.1, 0.15) is 5.52 Å². The highest BCUT2D eigenvalue weighted by atomic mass is 35.5. The molecular formula is C22H20ClN5O3. The fourth-order valence-electron chi connectivity index (χ4n) is 3.21. The molecule has 2 aromatic heterocycles. The van der Waals surface area contributed by atoms with Gasteiger partial charge in [0.05, 0.1) is 30.5 Å². The highest BCUT2D eigenvalue weighted by Crippen LogP contribution is 2.27. The summed E-state index contributed by atoms with van der Waals surface area (Å²) in [6, 6.07) is 14.4. The molecule has 31 heavy (non-hydrogen) atoms. The molecule has 1 N–H and O–H groups in total. The molecule has 9 heteroatoms. The molecular weight excluding hydrogens is 418 g/mol. The van der Waals surface area contributed by atoms with Crippen molar-refractivity contribution < 1.29 is 14.3 Å². The number of nitrogens with zero attached hydrogens (tertiary/aromatic N) is 4. The summed E-state index contributed by atoms with van der Waals surface area (Å²) in [7, 11) is 3.18. The number of amides is 1. The molecule has 8 nitrogen and oxygen atoms in total. The Morgan fingerprint density at radius 2 is 1.94 bits per heavy atom. The van der Waals surface area contributed by atoms with Crippen molar-refractivity contribution >= 4 is 28.7 Å². The van der Waals surface area contributed by atoms with Gasteiger partial charge in [-0.05, 0) is 54.4 Å². The van der Waals surface area contributed by atoms with Gasteiger partial charge in [-0.2, -0.15) is 4.68 Å². The Morgan fingerprint density at radius 3 is 2.71 bits per heavy atom. The van der Waals surface area contributed by atoms with Crippen molar-refractivity contribution in [1.82, 2.24) is 25.3 Å². The van der Waals surface area contributed by atoms with Crippen LogP contribution in [0.15, 0.2) is 54.7 Å². The maximum Gasteiger partial charge on any atom is 0.252 e. The van der Waals surface area contributed by atoms with Crippen LogP contribution in [-0.4, -0.2) is 46.6 Å². The molecule has 0 aliphatic heterocycles. The summed E-state index contributed by atoms with van der Waals surface area (Å²) in [5.74, 6) is 1.07. The van der Waals surface area contributed by atoms with Crippen molar-refractivity contribution in [3.05, 3.63) is 70.9 Å². The number of rotatable bonds is 7. The first-order valence-electron chi connectivity index (χ1n) is 9.56. The van der Waals surface area contributed by atoms with Gasteiger partial charge in [0.2, 0.25) is 0 Å². The minimum atomic E-state index is -0.251. The maximum absolute atomic E-state index is 12.6. The smallest absolute Gasteiger partial charge is 0.252 e. The van der Waals surface area contributed by atoms with E-state index in [1.54, 1.807) is 49.4 Å². The summed E-state index contributed by atoms with van der Waals surface area (Å²) >= 11 is 6.39. The van der Waals surface area contributed by atoms with E-state index in [4.69, 9.17) is 21.1 Å². The van der Waals surface area contributed by atoms with Crippen LogP contribution in [0.1, 0.15) is 15.9 Å². The highest BCUT2D eigenvalue weighted by Gasteiger charge is 2.14. The second-order valence-electron chi connectivity index (χ2n) is 6.71. The van der Waals surface area contributed by atoms with Crippen LogP contribution in [0.3, 0.4) is 0 Å². The third kappa shape index (κ3) is 4.29. The lowest BCUT2D eigenvalue weighted by molar-refractivity contribution is 0.0954. The first-order valence-corrected chi connectivity index (χ1v) is 9.94. The quantitative estimate of drug-likeness (QED) is 0.476. The molecule has 1 amide bonds. The first-order chi connectivity index (χ1) is 15.1. The molecule has 0 aliphatic carbocycles. The molecule has 4 aromatic rings. The Morgan fingerprint density at radius 1 is 1.10 bits per heavy atom. The van der Waals surface area contributed by atoms with Gasteiger partial charge in [-0.3, -0.25) is 4.79 Å².